The van der Waals surface area contributed by atoms with Crippen molar-refractivity contribution in [1.29, 1.82) is 0 Å². The van der Waals surface area contributed by atoms with Gasteiger partial charge in [0.25, 0.3) is 5.91 Å². The quantitative estimate of drug-likeness (QED) is 0.710. The second-order valence-electron chi connectivity index (χ2n) is 4.74. The lowest BCUT2D eigenvalue weighted by Gasteiger charge is -2.09. The van der Waals surface area contributed by atoms with E-state index in [1.165, 1.54) is 12.3 Å². The number of benzene rings is 2. The van der Waals surface area contributed by atoms with Crippen molar-refractivity contribution in [2.45, 2.75) is 0 Å². The molecule has 0 saturated carbocycles. The molecule has 1 aromatic heterocycles. The molecule has 0 spiro atoms. The Morgan fingerprint density at radius 1 is 1.04 bits per heavy atom. The van der Waals surface area contributed by atoms with Crippen LogP contribution in [0.1, 0.15) is 10.4 Å². The van der Waals surface area contributed by atoms with E-state index in [2.05, 4.69) is 10.3 Å². The number of aromatic hydroxyl groups is 1. The maximum atomic E-state index is 13.6. The highest BCUT2D eigenvalue weighted by Crippen LogP contribution is 2.28. The molecule has 2 aromatic carbocycles. The minimum Gasteiger partial charge on any atom is -0.505 e. The summed E-state index contributed by atoms with van der Waals surface area (Å²) < 4.78 is 39.6. The molecule has 0 aliphatic carbocycles. The molecule has 3 aromatic rings. The van der Waals surface area contributed by atoms with E-state index in [1.807, 2.05) is 0 Å². The van der Waals surface area contributed by atoms with Gasteiger partial charge < -0.3 is 10.4 Å². The van der Waals surface area contributed by atoms with Crippen LogP contribution in [0.15, 0.2) is 42.6 Å². The third-order valence-corrected chi connectivity index (χ3v) is 3.25. The third-order valence-electron chi connectivity index (χ3n) is 3.25. The van der Waals surface area contributed by atoms with Crippen molar-refractivity contribution in [2.75, 3.05) is 5.32 Å². The number of anilines is 1. The fourth-order valence-electron chi connectivity index (χ4n) is 2.12. The predicted octanol–water partition coefficient (Wildman–Crippen LogP) is 3.61. The topological polar surface area (TPSA) is 62.2 Å². The molecule has 1 heterocycles. The van der Waals surface area contributed by atoms with E-state index in [0.29, 0.717) is 17.5 Å². The van der Waals surface area contributed by atoms with Crippen LogP contribution in [0.3, 0.4) is 0 Å². The van der Waals surface area contributed by atoms with Gasteiger partial charge in [-0.3, -0.25) is 9.78 Å². The number of rotatable bonds is 2. The van der Waals surface area contributed by atoms with Gasteiger partial charge in [0, 0.05) is 23.7 Å². The number of fused-ring (bicyclic) bond motifs is 1. The standard InChI is InChI=1S/C16H9F3N2O2/c17-10-6-12(19)13(7-11(10)18)21-16(23)9-4-3-8-2-1-5-20-14(8)15(9)22/h1-7,22H,(H,21,23). The number of phenols is 1. The first kappa shape index (κ1) is 14.8. The Bertz CT molecular complexity index is 929. The van der Waals surface area contributed by atoms with Gasteiger partial charge in [0.1, 0.15) is 11.3 Å². The fraction of sp³-hybridized carbons (Fsp3) is 0. The summed E-state index contributed by atoms with van der Waals surface area (Å²) in [7, 11) is 0. The van der Waals surface area contributed by atoms with E-state index in [9.17, 15) is 23.1 Å². The highest BCUT2D eigenvalue weighted by molar-refractivity contribution is 6.09. The molecular weight excluding hydrogens is 309 g/mol. The summed E-state index contributed by atoms with van der Waals surface area (Å²) in [5.74, 6) is -5.05. The van der Waals surface area contributed by atoms with Crippen molar-refractivity contribution in [2.24, 2.45) is 0 Å². The van der Waals surface area contributed by atoms with E-state index in [-0.39, 0.29) is 16.8 Å². The smallest absolute Gasteiger partial charge is 0.259 e. The second kappa shape index (κ2) is 5.60. The zero-order valence-corrected chi connectivity index (χ0v) is 11.5. The lowest BCUT2D eigenvalue weighted by molar-refractivity contribution is 0.102. The lowest BCUT2D eigenvalue weighted by Crippen LogP contribution is -2.14. The van der Waals surface area contributed by atoms with Crippen LogP contribution in [-0.4, -0.2) is 16.0 Å². The largest absolute Gasteiger partial charge is 0.505 e. The molecule has 4 nitrogen and oxygen atoms in total. The van der Waals surface area contributed by atoms with Gasteiger partial charge >= 0.3 is 0 Å². The second-order valence-corrected chi connectivity index (χ2v) is 4.74. The number of hydrogen-bond acceptors (Lipinski definition) is 3. The average Bonchev–Trinajstić information content (AvgIpc) is 2.53. The highest BCUT2D eigenvalue weighted by Gasteiger charge is 2.17. The number of aromatic nitrogens is 1. The van der Waals surface area contributed by atoms with Gasteiger partial charge in [-0.2, -0.15) is 0 Å². The summed E-state index contributed by atoms with van der Waals surface area (Å²) in [6, 6.07) is 7.09. The Kier molecular flexibility index (Phi) is 3.61. The summed E-state index contributed by atoms with van der Waals surface area (Å²) >= 11 is 0. The Labute approximate surface area is 128 Å². The van der Waals surface area contributed by atoms with Crippen LogP contribution in [0, 0.1) is 17.5 Å². The summed E-state index contributed by atoms with van der Waals surface area (Å²) in [6.45, 7) is 0. The molecule has 1 amide bonds. The van der Waals surface area contributed by atoms with Gasteiger partial charge in [0.2, 0.25) is 0 Å². The summed E-state index contributed by atoms with van der Waals surface area (Å²) in [6.07, 6.45) is 1.44. The van der Waals surface area contributed by atoms with Crippen LogP contribution in [0.4, 0.5) is 18.9 Å². The first-order valence-electron chi connectivity index (χ1n) is 6.50. The molecule has 3 rings (SSSR count). The van der Waals surface area contributed by atoms with Crippen LogP contribution in [-0.2, 0) is 0 Å². The van der Waals surface area contributed by atoms with Crippen LogP contribution in [0.2, 0.25) is 0 Å². The normalized spacial score (nSPS) is 10.7. The molecule has 0 unspecified atom stereocenters. The van der Waals surface area contributed by atoms with Gasteiger partial charge in [0.15, 0.2) is 17.4 Å². The summed E-state index contributed by atoms with van der Waals surface area (Å²) in [5.41, 5.74) is -0.499. The van der Waals surface area contributed by atoms with Gasteiger partial charge in [-0.15, -0.1) is 0 Å². The number of phenolic OH excluding ortho intramolecular Hbond substituents is 1. The van der Waals surface area contributed by atoms with Crippen LogP contribution < -0.4 is 5.32 Å². The van der Waals surface area contributed by atoms with Gasteiger partial charge in [-0.05, 0) is 12.1 Å². The molecule has 23 heavy (non-hydrogen) atoms. The molecule has 7 heteroatoms. The van der Waals surface area contributed by atoms with Crippen LogP contribution >= 0.6 is 0 Å². The average molecular weight is 318 g/mol. The van der Waals surface area contributed by atoms with Gasteiger partial charge in [-0.25, -0.2) is 13.2 Å². The maximum absolute atomic E-state index is 13.6. The Morgan fingerprint density at radius 3 is 2.57 bits per heavy atom. The van der Waals surface area contributed by atoms with Crippen molar-refractivity contribution >= 4 is 22.5 Å². The Hall–Kier alpha value is -3.09. The minimum atomic E-state index is -1.36. The third kappa shape index (κ3) is 2.68. The summed E-state index contributed by atoms with van der Waals surface area (Å²) in [4.78, 5) is 16.1. The maximum Gasteiger partial charge on any atom is 0.259 e. The molecule has 0 aliphatic rings. The number of halogens is 3. The molecule has 116 valence electrons. The molecule has 0 aliphatic heterocycles. The number of nitrogens with one attached hydrogen (secondary N) is 1. The monoisotopic (exact) mass is 318 g/mol. The molecular formula is C16H9F3N2O2. The molecule has 0 fully saturated rings. The first-order chi connectivity index (χ1) is 11.0. The lowest BCUT2D eigenvalue weighted by atomic mass is 10.1. The fourth-order valence-corrected chi connectivity index (χ4v) is 2.12. The Morgan fingerprint density at radius 2 is 1.78 bits per heavy atom. The van der Waals surface area contributed by atoms with E-state index in [0.717, 1.165) is 0 Å². The minimum absolute atomic E-state index is 0.166. The van der Waals surface area contributed by atoms with E-state index in [1.54, 1.807) is 18.2 Å². The summed E-state index contributed by atoms with van der Waals surface area (Å²) in [5, 5.41) is 12.8. The number of carbonyl (C=O) groups is 1. The van der Waals surface area contributed by atoms with E-state index in [4.69, 9.17) is 0 Å². The number of pyridine rings is 1. The van der Waals surface area contributed by atoms with Crippen molar-refractivity contribution in [3.05, 3.63) is 65.6 Å². The number of carbonyl (C=O) groups excluding carboxylic acids is 1. The molecule has 0 bridgehead atoms. The highest BCUT2D eigenvalue weighted by atomic mass is 19.2. The zero-order valence-electron chi connectivity index (χ0n) is 11.5. The van der Waals surface area contributed by atoms with Crippen molar-refractivity contribution < 1.29 is 23.1 Å². The van der Waals surface area contributed by atoms with E-state index >= 15 is 0 Å². The number of nitrogens with zero attached hydrogens (tertiary/aromatic N) is 1. The Balaban J connectivity index is 1.98. The van der Waals surface area contributed by atoms with Crippen molar-refractivity contribution in [1.82, 2.24) is 4.98 Å². The molecule has 0 radical (unpaired) electrons. The SMILES string of the molecule is O=C(Nc1cc(F)c(F)cc1F)c1ccc2cccnc2c1O. The first-order valence-corrected chi connectivity index (χ1v) is 6.50. The number of hydrogen-bond donors (Lipinski definition) is 2. The van der Waals surface area contributed by atoms with Crippen molar-refractivity contribution in [3.8, 4) is 5.75 Å². The van der Waals surface area contributed by atoms with Crippen LogP contribution in [0.5, 0.6) is 5.75 Å². The van der Waals surface area contributed by atoms with Crippen molar-refractivity contribution in [3.63, 3.8) is 0 Å². The predicted molar refractivity (Wildman–Crippen MR) is 77.7 cm³/mol. The molecule has 0 atom stereocenters. The van der Waals surface area contributed by atoms with E-state index < -0.39 is 29.0 Å². The molecule has 2 N–H and O–H groups in total. The molecule has 0 saturated heterocycles. The van der Waals surface area contributed by atoms with Gasteiger partial charge in [-0.1, -0.05) is 12.1 Å². The van der Waals surface area contributed by atoms with Gasteiger partial charge in [0.05, 0.1) is 11.3 Å². The van der Waals surface area contributed by atoms with Crippen LogP contribution in [0.25, 0.3) is 10.9 Å². The number of amides is 1. The zero-order chi connectivity index (χ0) is 16.6.